The van der Waals surface area contributed by atoms with Crippen molar-refractivity contribution in [3.8, 4) is 11.6 Å². The van der Waals surface area contributed by atoms with E-state index in [-0.39, 0.29) is 5.75 Å². The van der Waals surface area contributed by atoms with Crippen molar-refractivity contribution >= 4 is 15.9 Å². The Balaban J connectivity index is 3.16. The van der Waals surface area contributed by atoms with Crippen LogP contribution in [-0.2, 0) is 5.33 Å². The molecule has 0 N–H and O–H groups in total. The van der Waals surface area contributed by atoms with Crippen molar-refractivity contribution in [2.75, 3.05) is 7.11 Å². The Morgan fingerprint density at radius 2 is 2.06 bits per heavy atom. The minimum Gasteiger partial charge on any atom is -0.491 e. The molecule has 3 nitrogen and oxygen atoms in total. The summed E-state index contributed by atoms with van der Waals surface area (Å²) in [5.41, 5.74) is 1.31. The highest BCUT2D eigenvalue weighted by Crippen LogP contribution is 2.34. The average Bonchev–Trinajstić information content (AvgIpc) is 2.16. The van der Waals surface area contributed by atoms with Crippen LogP contribution < -0.4 is 9.47 Å². The minimum atomic E-state index is -4.78. The first kappa shape index (κ1) is 13.1. The van der Waals surface area contributed by atoms with Crippen LogP contribution in [0.15, 0.2) is 6.20 Å². The molecule has 1 heterocycles. The number of pyridine rings is 1. The van der Waals surface area contributed by atoms with Gasteiger partial charge in [0.1, 0.15) is 0 Å². The number of rotatable bonds is 3. The molecule has 1 aromatic rings. The van der Waals surface area contributed by atoms with E-state index in [2.05, 4.69) is 25.7 Å². The Bertz CT molecular complexity index is 382. The molecule has 0 spiro atoms. The second kappa shape index (κ2) is 4.90. The van der Waals surface area contributed by atoms with Gasteiger partial charge in [0, 0.05) is 17.1 Å². The van der Waals surface area contributed by atoms with Gasteiger partial charge in [-0.1, -0.05) is 15.9 Å². The molecule has 0 aliphatic rings. The van der Waals surface area contributed by atoms with Crippen LogP contribution in [0.4, 0.5) is 13.2 Å². The Morgan fingerprint density at radius 1 is 1.44 bits per heavy atom. The second-order valence-electron chi connectivity index (χ2n) is 2.93. The highest BCUT2D eigenvalue weighted by molar-refractivity contribution is 9.08. The van der Waals surface area contributed by atoms with Crippen molar-refractivity contribution in [3.63, 3.8) is 0 Å². The molecule has 0 saturated carbocycles. The monoisotopic (exact) mass is 299 g/mol. The maximum Gasteiger partial charge on any atom is 0.574 e. The van der Waals surface area contributed by atoms with Crippen LogP contribution in [0.3, 0.4) is 0 Å². The highest BCUT2D eigenvalue weighted by atomic mass is 79.9. The first-order valence-electron chi connectivity index (χ1n) is 4.23. The quantitative estimate of drug-likeness (QED) is 0.803. The largest absolute Gasteiger partial charge is 0.574 e. The maximum atomic E-state index is 12.0. The van der Waals surface area contributed by atoms with Gasteiger partial charge in [0.15, 0.2) is 5.75 Å². The molecule has 0 atom stereocenters. The lowest BCUT2D eigenvalue weighted by molar-refractivity contribution is -0.276. The summed E-state index contributed by atoms with van der Waals surface area (Å²) >= 11 is 3.20. The fraction of sp³-hybridized carbons (Fsp3) is 0.444. The Hall–Kier alpha value is -0.980. The lowest BCUT2D eigenvalue weighted by Crippen LogP contribution is -2.18. The zero-order valence-electron chi connectivity index (χ0n) is 8.56. The molecule has 0 aliphatic heterocycles. The summed E-state index contributed by atoms with van der Waals surface area (Å²) in [4.78, 5) is 3.57. The van der Waals surface area contributed by atoms with E-state index in [1.165, 1.54) is 13.3 Å². The summed E-state index contributed by atoms with van der Waals surface area (Å²) in [7, 11) is 1.27. The smallest absolute Gasteiger partial charge is 0.491 e. The molecule has 1 aromatic heterocycles. The number of aromatic nitrogens is 1. The van der Waals surface area contributed by atoms with Gasteiger partial charge in [0.25, 0.3) is 5.88 Å². The van der Waals surface area contributed by atoms with Crippen molar-refractivity contribution in [2.24, 2.45) is 0 Å². The predicted molar refractivity (Wildman–Crippen MR) is 54.8 cm³/mol. The van der Waals surface area contributed by atoms with Gasteiger partial charge in [0.05, 0.1) is 7.11 Å². The van der Waals surface area contributed by atoms with Crippen LogP contribution >= 0.6 is 15.9 Å². The van der Waals surface area contributed by atoms with Gasteiger partial charge in [-0.2, -0.15) is 0 Å². The van der Waals surface area contributed by atoms with E-state index in [0.717, 1.165) is 5.56 Å². The lowest BCUT2D eigenvalue weighted by Gasteiger charge is -2.14. The molecule has 0 bridgehead atoms. The molecule has 1 rings (SSSR count). The number of ether oxygens (including phenoxy) is 2. The lowest BCUT2D eigenvalue weighted by atomic mass is 10.1. The van der Waals surface area contributed by atoms with E-state index in [4.69, 9.17) is 4.74 Å². The third kappa shape index (κ3) is 3.01. The summed E-state index contributed by atoms with van der Waals surface area (Å²) < 4.78 is 44.7. The third-order valence-electron chi connectivity index (χ3n) is 1.91. The summed E-state index contributed by atoms with van der Waals surface area (Å²) in [5, 5.41) is 0.481. The normalized spacial score (nSPS) is 11.4. The fourth-order valence-corrected chi connectivity index (χ4v) is 1.72. The number of nitrogens with zero attached hydrogens (tertiary/aromatic N) is 1. The predicted octanol–water partition coefficient (Wildman–Crippen LogP) is 3.19. The summed E-state index contributed by atoms with van der Waals surface area (Å²) in [5.74, 6) is -0.577. The number of hydrogen-bond donors (Lipinski definition) is 0. The zero-order valence-corrected chi connectivity index (χ0v) is 10.1. The molecule has 0 unspecified atom stereocenters. The Labute approximate surface area is 98.7 Å². The van der Waals surface area contributed by atoms with Gasteiger partial charge in [0.2, 0.25) is 0 Å². The molecule has 0 amide bonds. The number of hydrogen-bond acceptors (Lipinski definition) is 3. The van der Waals surface area contributed by atoms with E-state index in [0.29, 0.717) is 10.9 Å². The molecule has 0 aromatic carbocycles. The van der Waals surface area contributed by atoms with E-state index < -0.39 is 12.2 Å². The standard InChI is InChI=1S/C9H9BrF3NO2/c1-5-6(3-10)4-14-8(7(5)15-2)16-9(11,12)13/h4H,3H2,1-2H3. The van der Waals surface area contributed by atoms with Gasteiger partial charge in [-0.3, -0.25) is 0 Å². The third-order valence-corrected chi connectivity index (χ3v) is 2.52. The van der Waals surface area contributed by atoms with E-state index >= 15 is 0 Å². The molecule has 0 fully saturated rings. The van der Waals surface area contributed by atoms with Crippen LogP contribution in [0.5, 0.6) is 11.6 Å². The molecule has 0 aliphatic carbocycles. The van der Waals surface area contributed by atoms with Gasteiger partial charge >= 0.3 is 6.36 Å². The average molecular weight is 300 g/mol. The van der Waals surface area contributed by atoms with Crippen molar-refractivity contribution in [1.29, 1.82) is 0 Å². The van der Waals surface area contributed by atoms with E-state index in [9.17, 15) is 13.2 Å². The van der Waals surface area contributed by atoms with Crippen LogP contribution in [0.1, 0.15) is 11.1 Å². The molecular weight excluding hydrogens is 291 g/mol. The summed E-state index contributed by atoms with van der Waals surface area (Å²) in [6, 6.07) is 0. The Morgan fingerprint density at radius 3 is 2.50 bits per heavy atom. The van der Waals surface area contributed by atoms with Crippen molar-refractivity contribution in [2.45, 2.75) is 18.6 Å². The molecular formula is C9H9BrF3NO2. The van der Waals surface area contributed by atoms with Crippen LogP contribution in [0, 0.1) is 6.92 Å². The molecule has 7 heteroatoms. The Kier molecular flexibility index (Phi) is 4.01. The van der Waals surface area contributed by atoms with Crippen molar-refractivity contribution in [3.05, 3.63) is 17.3 Å². The van der Waals surface area contributed by atoms with Gasteiger partial charge < -0.3 is 9.47 Å². The van der Waals surface area contributed by atoms with Crippen molar-refractivity contribution < 1.29 is 22.6 Å². The molecule has 90 valence electrons. The van der Waals surface area contributed by atoms with Gasteiger partial charge in [-0.15, -0.1) is 13.2 Å². The zero-order chi connectivity index (χ0) is 12.3. The number of halogens is 4. The van der Waals surface area contributed by atoms with E-state index in [1.54, 1.807) is 6.92 Å². The van der Waals surface area contributed by atoms with E-state index in [1.807, 2.05) is 0 Å². The first-order chi connectivity index (χ1) is 7.39. The number of alkyl halides is 4. The van der Waals surface area contributed by atoms with Crippen molar-refractivity contribution in [1.82, 2.24) is 4.98 Å². The first-order valence-corrected chi connectivity index (χ1v) is 5.35. The van der Waals surface area contributed by atoms with Gasteiger partial charge in [-0.05, 0) is 12.5 Å². The molecule has 16 heavy (non-hydrogen) atoms. The SMILES string of the molecule is COc1c(OC(F)(F)F)ncc(CBr)c1C. The minimum absolute atomic E-state index is 0.00530. The van der Waals surface area contributed by atoms with Crippen LogP contribution in [0.25, 0.3) is 0 Å². The van der Waals surface area contributed by atoms with Crippen LogP contribution in [0.2, 0.25) is 0 Å². The molecule has 0 saturated heterocycles. The maximum absolute atomic E-state index is 12.0. The summed E-state index contributed by atoms with van der Waals surface area (Å²) in [6.45, 7) is 1.64. The fourth-order valence-electron chi connectivity index (χ4n) is 1.16. The van der Waals surface area contributed by atoms with Crippen LogP contribution in [-0.4, -0.2) is 18.5 Å². The molecule has 0 radical (unpaired) electrons. The topological polar surface area (TPSA) is 31.4 Å². The van der Waals surface area contributed by atoms with Gasteiger partial charge in [-0.25, -0.2) is 4.98 Å². The number of methoxy groups -OCH3 is 1. The second-order valence-corrected chi connectivity index (χ2v) is 3.49. The summed E-state index contributed by atoms with van der Waals surface area (Å²) in [6.07, 6.45) is -3.46. The highest BCUT2D eigenvalue weighted by Gasteiger charge is 2.33.